The maximum Gasteiger partial charge on any atom is 0.416 e. The van der Waals surface area contributed by atoms with E-state index in [0.29, 0.717) is 5.56 Å². The summed E-state index contributed by atoms with van der Waals surface area (Å²) in [7, 11) is 1.66. The molecule has 0 unspecified atom stereocenters. The fraction of sp³-hybridized carbons (Fsp3) is 0.519. The average Bonchev–Trinajstić information content (AvgIpc) is 2.80. The van der Waals surface area contributed by atoms with Gasteiger partial charge in [-0.05, 0) is 60.1 Å². The number of likely N-dealkylation sites (tertiary alicyclic amines) is 1. The molecule has 1 aliphatic heterocycles. The van der Waals surface area contributed by atoms with Crippen molar-refractivity contribution < 1.29 is 22.7 Å². The zero-order valence-corrected chi connectivity index (χ0v) is 19.9. The quantitative estimate of drug-likeness (QED) is 0.550. The van der Waals surface area contributed by atoms with Gasteiger partial charge in [-0.15, -0.1) is 0 Å². The van der Waals surface area contributed by atoms with Crippen molar-refractivity contribution >= 4 is 5.91 Å². The highest BCUT2D eigenvalue weighted by Crippen LogP contribution is 2.42. The first kappa shape index (κ1) is 24.6. The molecule has 184 valence electrons. The Morgan fingerprint density at radius 1 is 1.09 bits per heavy atom. The maximum absolute atomic E-state index is 13.8. The van der Waals surface area contributed by atoms with Crippen molar-refractivity contribution in [2.75, 3.05) is 20.1 Å². The van der Waals surface area contributed by atoms with Gasteiger partial charge in [0.1, 0.15) is 12.4 Å². The van der Waals surface area contributed by atoms with Crippen LogP contribution in [-0.4, -0.2) is 30.9 Å². The summed E-state index contributed by atoms with van der Waals surface area (Å²) in [5, 5.41) is 2.68. The van der Waals surface area contributed by atoms with Gasteiger partial charge in [0.25, 0.3) is 0 Å². The number of amides is 1. The Balaban J connectivity index is 1.38. The van der Waals surface area contributed by atoms with Crippen molar-refractivity contribution in [3.63, 3.8) is 0 Å². The number of hydrogen-bond acceptors (Lipinski definition) is 3. The van der Waals surface area contributed by atoms with E-state index < -0.39 is 11.7 Å². The minimum atomic E-state index is -4.39. The van der Waals surface area contributed by atoms with E-state index in [4.69, 9.17) is 4.74 Å². The highest BCUT2D eigenvalue weighted by molar-refractivity contribution is 5.79. The summed E-state index contributed by atoms with van der Waals surface area (Å²) in [4.78, 5) is 13.9. The molecule has 1 N–H and O–H groups in total. The number of nitrogens with zero attached hydrogens (tertiary/aromatic N) is 1. The Morgan fingerprint density at radius 3 is 2.47 bits per heavy atom. The van der Waals surface area contributed by atoms with E-state index in [9.17, 15) is 18.0 Å². The first-order chi connectivity index (χ1) is 16.2. The number of benzene rings is 2. The Kier molecular flexibility index (Phi) is 7.51. The van der Waals surface area contributed by atoms with Gasteiger partial charge in [0.05, 0.1) is 11.5 Å². The molecule has 1 amide bonds. The number of nitrogens with one attached hydrogen (secondary N) is 1. The second-order valence-electron chi connectivity index (χ2n) is 9.64. The van der Waals surface area contributed by atoms with Crippen molar-refractivity contribution in [2.45, 2.75) is 64.3 Å². The summed E-state index contributed by atoms with van der Waals surface area (Å²) in [6.07, 6.45) is 0.324. The minimum absolute atomic E-state index is 0.0211. The van der Waals surface area contributed by atoms with Gasteiger partial charge in [-0.3, -0.25) is 9.69 Å². The van der Waals surface area contributed by atoms with Crippen LogP contribution in [0.15, 0.2) is 36.4 Å². The van der Waals surface area contributed by atoms with Gasteiger partial charge in [0.15, 0.2) is 0 Å². The number of ether oxygens (including phenoxy) is 1. The molecule has 4 nitrogen and oxygen atoms in total. The molecule has 2 aliphatic rings. The average molecular weight is 475 g/mol. The topological polar surface area (TPSA) is 41.6 Å². The normalized spacial score (nSPS) is 17.9. The van der Waals surface area contributed by atoms with E-state index in [-0.39, 0.29) is 30.1 Å². The Morgan fingerprint density at radius 2 is 1.82 bits per heavy atom. The third kappa shape index (κ3) is 5.74. The van der Waals surface area contributed by atoms with Crippen LogP contribution in [0.5, 0.6) is 5.75 Å². The number of rotatable bonds is 7. The van der Waals surface area contributed by atoms with Crippen LogP contribution in [0.25, 0.3) is 0 Å². The summed E-state index contributed by atoms with van der Waals surface area (Å²) in [6.45, 7) is 4.48. The molecule has 0 aromatic heterocycles. The third-order valence-electron chi connectivity index (χ3n) is 7.16. The molecule has 2 aromatic carbocycles. The second kappa shape index (κ2) is 10.4. The molecule has 0 radical (unpaired) electrons. The van der Waals surface area contributed by atoms with E-state index in [1.54, 1.807) is 19.2 Å². The first-order valence-corrected chi connectivity index (χ1v) is 12.1. The van der Waals surface area contributed by atoms with E-state index >= 15 is 0 Å². The van der Waals surface area contributed by atoms with Gasteiger partial charge in [-0.1, -0.05) is 43.5 Å². The Labute approximate surface area is 199 Å². The number of aryl methyl sites for hydroxylation is 1. The summed E-state index contributed by atoms with van der Waals surface area (Å²) in [5.74, 6) is 0.369. The van der Waals surface area contributed by atoms with Crippen molar-refractivity contribution in [3.8, 4) is 5.75 Å². The second-order valence-corrected chi connectivity index (χ2v) is 9.64. The number of carbonyl (C=O) groups is 1. The molecule has 1 aliphatic carbocycles. The zero-order valence-electron chi connectivity index (χ0n) is 19.9. The van der Waals surface area contributed by atoms with Crippen molar-refractivity contribution in [1.29, 1.82) is 0 Å². The summed E-state index contributed by atoms with van der Waals surface area (Å²) < 4.78 is 47.2. The molecule has 2 aromatic rings. The summed E-state index contributed by atoms with van der Waals surface area (Å²) in [5.41, 5.74) is 2.97. The highest BCUT2D eigenvalue weighted by Gasteiger charge is 2.36. The fourth-order valence-corrected chi connectivity index (χ4v) is 5.15. The zero-order chi connectivity index (χ0) is 24.3. The minimum Gasteiger partial charge on any atom is -0.489 e. The molecule has 2 fully saturated rings. The van der Waals surface area contributed by atoms with Gasteiger partial charge in [-0.2, -0.15) is 13.2 Å². The van der Waals surface area contributed by atoms with Crippen LogP contribution in [0.4, 0.5) is 13.2 Å². The lowest BCUT2D eigenvalue weighted by Crippen LogP contribution is -2.52. The van der Waals surface area contributed by atoms with Crippen LogP contribution < -0.4 is 10.1 Å². The third-order valence-corrected chi connectivity index (χ3v) is 7.16. The smallest absolute Gasteiger partial charge is 0.416 e. The number of carbonyl (C=O) groups excluding carboxylic acids is 1. The van der Waals surface area contributed by atoms with Crippen LogP contribution in [0.1, 0.15) is 65.8 Å². The standard InChI is InChI=1S/C27H33F3N2O2/c1-18-12-19(14-32-15-22(16-32)26(33)31-2)8-9-21(18)17-34-23-10-11-24(20-6-4-3-5-7-20)25(13-23)27(28,29)30/h8-13,20,22H,3-7,14-17H2,1-2H3,(H,31,33). The SMILES string of the molecule is CNC(=O)C1CN(Cc2ccc(COc3ccc(C4CCCCC4)c(C(F)(F)F)c3)c(C)c2)C1. The van der Waals surface area contributed by atoms with Gasteiger partial charge < -0.3 is 10.1 Å². The first-order valence-electron chi connectivity index (χ1n) is 12.1. The maximum atomic E-state index is 13.8. The number of halogens is 3. The molecule has 1 saturated heterocycles. The van der Waals surface area contributed by atoms with E-state index in [0.717, 1.165) is 68.4 Å². The van der Waals surface area contributed by atoms with Crippen molar-refractivity contribution in [3.05, 3.63) is 64.2 Å². The van der Waals surface area contributed by atoms with E-state index in [2.05, 4.69) is 16.3 Å². The van der Waals surface area contributed by atoms with Crippen molar-refractivity contribution in [2.24, 2.45) is 5.92 Å². The largest absolute Gasteiger partial charge is 0.489 e. The van der Waals surface area contributed by atoms with Gasteiger partial charge in [0, 0.05) is 26.7 Å². The molecule has 1 heterocycles. The van der Waals surface area contributed by atoms with Crippen LogP contribution in [-0.2, 0) is 24.1 Å². The monoisotopic (exact) mass is 474 g/mol. The molecule has 7 heteroatoms. The lowest BCUT2D eigenvalue weighted by atomic mass is 9.82. The van der Waals surface area contributed by atoms with Crippen LogP contribution in [0.3, 0.4) is 0 Å². The Hall–Kier alpha value is -2.54. The molecule has 34 heavy (non-hydrogen) atoms. The highest BCUT2D eigenvalue weighted by atomic mass is 19.4. The lowest BCUT2D eigenvalue weighted by molar-refractivity contribution is -0.138. The molecule has 1 saturated carbocycles. The molecule has 0 bridgehead atoms. The molecular formula is C27H33F3N2O2. The number of alkyl halides is 3. The molecular weight excluding hydrogens is 441 g/mol. The molecule has 0 spiro atoms. The van der Waals surface area contributed by atoms with Crippen molar-refractivity contribution in [1.82, 2.24) is 10.2 Å². The van der Waals surface area contributed by atoms with Crippen LogP contribution in [0.2, 0.25) is 0 Å². The predicted molar refractivity (Wildman–Crippen MR) is 126 cm³/mol. The Bertz CT molecular complexity index is 1010. The molecule has 0 atom stereocenters. The van der Waals surface area contributed by atoms with Crippen LogP contribution >= 0.6 is 0 Å². The lowest BCUT2D eigenvalue weighted by Gasteiger charge is -2.38. The van der Waals surface area contributed by atoms with Gasteiger partial charge >= 0.3 is 6.18 Å². The van der Waals surface area contributed by atoms with Crippen LogP contribution in [0, 0.1) is 12.8 Å². The van der Waals surface area contributed by atoms with Gasteiger partial charge in [-0.25, -0.2) is 0 Å². The predicted octanol–water partition coefficient (Wildman–Crippen LogP) is 5.82. The van der Waals surface area contributed by atoms with E-state index in [1.165, 1.54) is 6.07 Å². The molecule has 4 rings (SSSR count). The summed E-state index contributed by atoms with van der Waals surface area (Å²) >= 11 is 0. The van der Waals surface area contributed by atoms with Gasteiger partial charge in [0.2, 0.25) is 5.91 Å². The number of hydrogen-bond donors (Lipinski definition) is 1. The fourth-order valence-electron chi connectivity index (χ4n) is 5.15. The van der Waals surface area contributed by atoms with E-state index in [1.807, 2.05) is 19.1 Å². The summed E-state index contributed by atoms with van der Waals surface area (Å²) in [6, 6.07) is 10.5.